The first-order chi connectivity index (χ1) is 10.2. The van der Waals surface area contributed by atoms with E-state index in [9.17, 15) is 0 Å². The fourth-order valence-electron chi connectivity index (χ4n) is 5.33. The Kier molecular flexibility index (Phi) is 6.19. The van der Waals surface area contributed by atoms with E-state index < -0.39 is 6.04 Å². The number of hydrogen-bond acceptors (Lipinski definition) is 2. The third-order valence-corrected chi connectivity index (χ3v) is 14.7. The molecule has 3 fully saturated rings. The van der Waals surface area contributed by atoms with Gasteiger partial charge in [-0.05, 0) is 74.4 Å². The van der Waals surface area contributed by atoms with Crippen molar-refractivity contribution >= 4 is 30.5 Å². The number of thiol groups is 1. The monoisotopic (exact) mass is 344 g/mol. The minimum Gasteiger partial charge on any atom is -0.176 e. The van der Waals surface area contributed by atoms with Crippen LogP contribution in [-0.2, 0) is 11.8 Å². The molecule has 0 radical (unpaired) electrons. The summed E-state index contributed by atoms with van der Waals surface area (Å²) >= 11 is 11.4. The van der Waals surface area contributed by atoms with Gasteiger partial charge in [0.1, 0.15) is 0 Å². The van der Waals surface area contributed by atoms with E-state index in [1.54, 1.807) is 0 Å². The van der Waals surface area contributed by atoms with Crippen molar-refractivity contribution in [2.75, 3.05) is 0 Å². The highest BCUT2D eigenvalue weighted by Crippen LogP contribution is 2.68. The molecule has 0 heterocycles. The van der Waals surface area contributed by atoms with Crippen LogP contribution in [0.3, 0.4) is 0 Å². The lowest BCUT2D eigenvalue weighted by Gasteiger charge is -2.48. The lowest BCUT2D eigenvalue weighted by molar-refractivity contribution is 0.462. The summed E-state index contributed by atoms with van der Waals surface area (Å²) in [5.41, 5.74) is 2.86. The van der Waals surface area contributed by atoms with Crippen molar-refractivity contribution in [3.63, 3.8) is 0 Å². The van der Waals surface area contributed by atoms with Crippen LogP contribution in [0.4, 0.5) is 0 Å². The average Bonchev–Trinajstić information content (AvgIpc) is 2.56. The Bertz CT molecular complexity index is 339. The molecule has 21 heavy (non-hydrogen) atoms. The van der Waals surface area contributed by atoms with Crippen LogP contribution in [-0.4, -0.2) is 22.2 Å². The zero-order valence-electron chi connectivity index (χ0n) is 13.5. The predicted molar refractivity (Wildman–Crippen MR) is 103 cm³/mol. The van der Waals surface area contributed by atoms with E-state index >= 15 is 0 Å². The Morgan fingerprint density at radius 3 is 1.38 bits per heavy atom. The zero-order chi connectivity index (χ0) is 14.7. The van der Waals surface area contributed by atoms with Gasteiger partial charge in [-0.2, -0.15) is 12.6 Å². The van der Waals surface area contributed by atoms with Crippen LogP contribution >= 0.6 is 18.7 Å². The number of rotatable bonds is 3. The molecule has 0 saturated heterocycles. The van der Waals surface area contributed by atoms with Gasteiger partial charge in [0.05, 0.1) is 0 Å². The summed E-state index contributed by atoms with van der Waals surface area (Å²) < 4.78 is 0. The van der Waals surface area contributed by atoms with Gasteiger partial charge < -0.3 is 0 Å². The van der Waals surface area contributed by atoms with Crippen molar-refractivity contribution in [1.29, 1.82) is 0 Å². The molecule has 0 atom stereocenters. The molecule has 122 valence electrons. The van der Waals surface area contributed by atoms with Gasteiger partial charge in [-0.25, -0.2) is 0 Å². The summed E-state index contributed by atoms with van der Waals surface area (Å²) in [7, 11) is 0. The molecule has 3 rings (SSSR count). The fraction of sp³-hybridized carbons (Fsp3) is 1.00. The molecular formula is C18H33PS2. The van der Waals surface area contributed by atoms with Crippen molar-refractivity contribution in [1.82, 2.24) is 0 Å². The zero-order valence-corrected chi connectivity index (χ0v) is 16.1. The standard InChI is InChI=1S/C18H33PS2/c20-18-13-11-17(12-14-18)19(21,15-7-3-1-4-8-15)16-9-5-2-6-10-16/h15-18,20H,1-14H2. The molecule has 0 bridgehead atoms. The molecule has 0 N–H and O–H groups in total. The van der Waals surface area contributed by atoms with Crippen LogP contribution in [0, 0.1) is 0 Å². The molecule has 0 amide bonds. The van der Waals surface area contributed by atoms with Gasteiger partial charge in [0.25, 0.3) is 0 Å². The van der Waals surface area contributed by atoms with E-state index in [1.807, 2.05) is 0 Å². The third-order valence-electron chi connectivity index (χ3n) is 6.53. The molecule has 0 aromatic heterocycles. The Morgan fingerprint density at radius 1 is 0.571 bits per heavy atom. The van der Waals surface area contributed by atoms with Gasteiger partial charge in [-0.3, -0.25) is 0 Å². The molecular weight excluding hydrogens is 311 g/mol. The summed E-state index contributed by atoms with van der Waals surface area (Å²) in [5, 5.41) is 0.669. The molecule has 3 aliphatic rings. The summed E-state index contributed by atoms with van der Waals surface area (Å²) in [6.45, 7) is 0. The molecule has 0 spiro atoms. The highest BCUT2D eigenvalue weighted by atomic mass is 32.4. The van der Waals surface area contributed by atoms with Gasteiger partial charge in [0.2, 0.25) is 0 Å². The lowest BCUT2D eigenvalue weighted by Crippen LogP contribution is -2.32. The highest BCUT2D eigenvalue weighted by Gasteiger charge is 2.43. The molecule has 0 aromatic rings. The topological polar surface area (TPSA) is 0 Å². The van der Waals surface area contributed by atoms with Crippen LogP contribution in [0.25, 0.3) is 0 Å². The normalized spacial score (nSPS) is 34.0. The summed E-state index contributed by atoms with van der Waals surface area (Å²) in [5.74, 6) is 0. The van der Waals surface area contributed by atoms with E-state index in [1.165, 1.54) is 89.9 Å². The Labute approximate surface area is 142 Å². The van der Waals surface area contributed by atoms with E-state index in [2.05, 4.69) is 0 Å². The summed E-state index contributed by atoms with van der Waals surface area (Å²) in [6.07, 6.45) is 20.3. The number of hydrogen-bond donors (Lipinski definition) is 1. The minimum absolute atomic E-state index is 0.669. The maximum absolute atomic E-state index is 6.69. The van der Waals surface area contributed by atoms with Crippen LogP contribution in [0.1, 0.15) is 89.9 Å². The van der Waals surface area contributed by atoms with Gasteiger partial charge >= 0.3 is 0 Å². The van der Waals surface area contributed by atoms with E-state index in [0.29, 0.717) is 5.25 Å². The van der Waals surface area contributed by atoms with Crippen LogP contribution in [0.5, 0.6) is 0 Å². The van der Waals surface area contributed by atoms with Crippen molar-refractivity contribution in [2.45, 2.75) is 112 Å². The SMILES string of the molecule is S=P(C1CCCCC1)(C1CCCCC1)C1CCC(S)CC1. The first-order valence-corrected chi connectivity index (χ1v) is 13.0. The molecule has 0 nitrogen and oxygen atoms in total. The smallest absolute Gasteiger partial charge is 0.00172 e. The van der Waals surface area contributed by atoms with Gasteiger partial charge in [0, 0.05) is 5.25 Å². The molecule has 3 saturated carbocycles. The van der Waals surface area contributed by atoms with Gasteiger partial charge in [0.15, 0.2) is 0 Å². The van der Waals surface area contributed by atoms with Crippen molar-refractivity contribution in [3.8, 4) is 0 Å². The molecule has 0 unspecified atom stereocenters. The lowest BCUT2D eigenvalue weighted by atomic mass is 9.98. The average molecular weight is 345 g/mol. The largest absolute Gasteiger partial charge is 0.176 e. The van der Waals surface area contributed by atoms with Gasteiger partial charge in [-0.1, -0.05) is 50.3 Å². The van der Waals surface area contributed by atoms with Crippen molar-refractivity contribution in [2.24, 2.45) is 0 Å². The fourth-order valence-corrected chi connectivity index (χ4v) is 12.8. The summed E-state index contributed by atoms with van der Waals surface area (Å²) in [4.78, 5) is 0. The Balaban J connectivity index is 1.80. The molecule has 3 aliphatic carbocycles. The highest BCUT2D eigenvalue weighted by molar-refractivity contribution is 8.15. The van der Waals surface area contributed by atoms with Crippen LogP contribution in [0.15, 0.2) is 0 Å². The van der Waals surface area contributed by atoms with Crippen molar-refractivity contribution in [3.05, 3.63) is 0 Å². The van der Waals surface area contributed by atoms with Crippen LogP contribution in [0.2, 0.25) is 0 Å². The maximum Gasteiger partial charge on any atom is 0.00172 e. The Morgan fingerprint density at radius 2 is 0.952 bits per heavy atom. The second kappa shape index (κ2) is 7.71. The van der Waals surface area contributed by atoms with E-state index in [-0.39, 0.29) is 0 Å². The second-order valence-electron chi connectivity index (χ2n) is 7.81. The minimum atomic E-state index is -1.17. The quantitative estimate of drug-likeness (QED) is 0.458. The first kappa shape index (κ1) is 16.8. The first-order valence-electron chi connectivity index (χ1n) is 9.48. The van der Waals surface area contributed by atoms with Gasteiger partial charge in [-0.15, -0.1) is 0 Å². The third kappa shape index (κ3) is 3.74. The molecule has 0 aliphatic heterocycles. The Hall–Kier alpha value is 1.00. The summed E-state index contributed by atoms with van der Waals surface area (Å²) in [6, 6.07) is -1.17. The second-order valence-corrected chi connectivity index (χ2v) is 14.2. The van der Waals surface area contributed by atoms with E-state index in [4.69, 9.17) is 24.4 Å². The van der Waals surface area contributed by atoms with E-state index in [0.717, 1.165) is 17.0 Å². The molecule has 3 heteroatoms. The maximum atomic E-state index is 6.69. The molecule has 0 aromatic carbocycles. The van der Waals surface area contributed by atoms with Crippen molar-refractivity contribution < 1.29 is 0 Å². The van der Waals surface area contributed by atoms with Crippen LogP contribution < -0.4 is 0 Å². The predicted octanol–water partition coefficient (Wildman–Crippen LogP) is 6.37.